The normalized spacial score (nSPS) is 12.0. The molecule has 0 rings (SSSR count). The van der Waals surface area contributed by atoms with Crippen LogP contribution in [-0.4, -0.2) is 126 Å². The van der Waals surface area contributed by atoms with E-state index in [1.165, 1.54) is 0 Å². The van der Waals surface area contributed by atoms with Gasteiger partial charge in [0, 0.05) is 44.7 Å². The van der Waals surface area contributed by atoms with Gasteiger partial charge in [-0.05, 0) is 13.0 Å². The van der Waals surface area contributed by atoms with Gasteiger partial charge in [-0.15, -0.1) is 0 Å². The number of carbonyl (C=O) groups excluding carboxylic acids is 1. The maximum Gasteiger partial charge on any atom is 0.317 e. The van der Waals surface area contributed by atoms with E-state index in [9.17, 15) is 24.3 Å². The minimum absolute atomic E-state index is 0.122. The highest BCUT2D eigenvalue weighted by atomic mass is 16.4. The predicted molar refractivity (Wildman–Crippen MR) is 120 cm³/mol. The maximum absolute atomic E-state index is 12.4. The van der Waals surface area contributed by atoms with Crippen LogP contribution in [0.25, 0.3) is 0 Å². The number of rotatable bonds is 19. The van der Waals surface area contributed by atoms with Crippen molar-refractivity contribution >= 4 is 23.7 Å². The SMILES string of the molecule is CCCN(CCN(CCN(CCNCC(=O)O)CC(=O)O)CC(=O)O)CC(=O)C(C)(C)C. The van der Waals surface area contributed by atoms with Gasteiger partial charge < -0.3 is 20.6 Å². The second-order valence-corrected chi connectivity index (χ2v) is 8.86. The predicted octanol–water partition coefficient (Wildman–Crippen LogP) is -0.239. The molecule has 0 fully saturated rings. The van der Waals surface area contributed by atoms with Gasteiger partial charge in [0.05, 0.1) is 26.2 Å². The van der Waals surface area contributed by atoms with E-state index in [0.717, 1.165) is 13.0 Å². The second-order valence-electron chi connectivity index (χ2n) is 8.86. The minimum Gasteiger partial charge on any atom is -0.480 e. The van der Waals surface area contributed by atoms with Gasteiger partial charge in [0.2, 0.25) is 0 Å². The van der Waals surface area contributed by atoms with Crippen LogP contribution >= 0.6 is 0 Å². The standard InChI is InChI=1S/C21H40N4O7/c1-5-7-23(14-17(26)21(2,3)4)9-11-25(16-20(31)32)12-10-24(15-19(29)30)8-6-22-13-18(27)28/h22H,5-16H2,1-4H3,(H,27,28)(H,29,30)(H,31,32). The Bertz CT molecular complexity index is 607. The fraction of sp³-hybridized carbons (Fsp3) is 0.810. The van der Waals surface area contributed by atoms with E-state index in [4.69, 9.17) is 10.2 Å². The first kappa shape index (κ1) is 29.9. The van der Waals surface area contributed by atoms with Crippen molar-refractivity contribution in [3.05, 3.63) is 0 Å². The molecule has 0 heterocycles. The lowest BCUT2D eigenvalue weighted by molar-refractivity contribution is -0.140. The fourth-order valence-corrected chi connectivity index (χ4v) is 2.95. The van der Waals surface area contributed by atoms with Gasteiger partial charge in [-0.3, -0.25) is 33.9 Å². The van der Waals surface area contributed by atoms with Crippen LogP contribution in [0, 0.1) is 5.41 Å². The van der Waals surface area contributed by atoms with Crippen LogP contribution in [0.3, 0.4) is 0 Å². The summed E-state index contributed by atoms with van der Waals surface area (Å²) in [6.07, 6.45) is 0.867. The molecule has 0 radical (unpaired) electrons. The van der Waals surface area contributed by atoms with Crippen LogP contribution < -0.4 is 5.32 Å². The Balaban J connectivity index is 4.89. The topological polar surface area (TPSA) is 151 Å². The number of nitrogens with one attached hydrogen (secondary N) is 1. The molecule has 0 aromatic carbocycles. The average molecular weight is 461 g/mol. The highest BCUT2D eigenvalue weighted by Crippen LogP contribution is 2.15. The van der Waals surface area contributed by atoms with Gasteiger partial charge in [-0.2, -0.15) is 0 Å². The van der Waals surface area contributed by atoms with Gasteiger partial charge in [0.1, 0.15) is 0 Å². The number of hydrogen-bond donors (Lipinski definition) is 4. The molecular weight excluding hydrogens is 420 g/mol. The minimum atomic E-state index is -1.01. The first-order chi connectivity index (χ1) is 14.8. The highest BCUT2D eigenvalue weighted by Gasteiger charge is 2.24. The molecule has 0 unspecified atom stereocenters. The molecule has 11 heteroatoms. The number of aliphatic carboxylic acids is 3. The van der Waals surface area contributed by atoms with E-state index >= 15 is 0 Å². The van der Waals surface area contributed by atoms with E-state index in [1.54, 1.807) is 9.80 Å². The summed E-state index contributed by atoms with van der Waals surface area (Å²) in [5.74, 6) is -2.87. The van der Waals surface area contributed by atoms with Crippen LogP contribution in [-0.2, 0) is 19.2 Å². The lowest BCUT2D eigenvalue weighted by atomic mass is 9.90. The summed E-state index contributed by atoms with van der Waals surface area (Å²) in [6.45, 7) is 10.3. The molecule has 0 saturated heterocycles. The van der Waals surface area contributed by atoms with Crippen molar-refractivity contribution in [2.75, 3.05) is 72.0 Å². The van der Waals surface area contributed by atoms with E-state index in [2.05, 4.69) is 5.32 Å². The van der Waals surface area contributed by atoms with Crippen LogP contribution in [0.1, 0.15) is 34.1 Å². The summed E-state index contributed by atoms with van der Waals surface area (Å²) in [4.78, 5) is 50.8. The lowest BCUT2D eigenvalue weighted by Gasteiger charge is -2.29. The van der Waals surface area contributed by atoms with Gasteiger partial charge in [0.15, 0.2) is 5.78 Å². The molecule has 0 aliphatic carbocycles. The number of ketones is 1. The van der Waals surface area contributed by atoms with Gasteiger partial charge in [0.25, 0.3) is 0 Å². The number of carboxylic acid groups (broad SMARTS) is 3. The third-order valence-corrected chi connectivity index (χ3v) is 4.81. The molecule has 0 aromatic rings. The molecule has 0 bridgehead atoms. The second kappa shape index (κ2) is 15.7. The van der Waals surface area contributed by atoms with Gasteiger partial charge in [-0.25, -0.2) is 0 Å². The Morgan fingerprint density at radius 2 is 1.12 bits per heavy atom. The van der Waals surface area contributed by atoms with E-state index in [-0.39, 0.29) is 25.4 Å². The third-order valence-electron chi connectivity index (χ3n) is 4.81. The fourth-order valence-electron chi connectivity index (χ4n) is 2.95. The van der Waals surface area contributed by atoms with E-state index in [0.29, 0.717) is 45.8 Å². The van der Waals surface area contributed by atoms with Crippen LogP contribution in [0.4, 0.5) is 0 Å². The van der Waals surface area contributed by atoms with Crippen LogP contribution in [0.15, 0.2) is 0 Å². The summed E-state index contributed by atoms with van der Waals surface area (Å²) < 4.78 is 0. The van der Waals surface area contributed by atoms with Crippen molar-refractivity contribution in [1.29, 1.82) is 0 Å². The summed E-state index contributed by atoms with van der Waals surface area (Å²) >= 11 is 0. The zero-order chi connectivity index (χ0) is 24.7. The molecule has 0 aromatic heterocycles. The molecule has 186 valence electrons. The molecule has 0 atom stereocenters. The smallest absolute Gasteiger partial charge is 0.317 e. The summed E-state index contributed by atoms with van der Waals surface area (Å²) in [6, 6.07) is 0. The number of carboxylic acids is 3. The van der Waals surface area contributed by atoms with Crippen molar-refractivity contribution in [1.82, 2.24) is 20.0 Å². The Morgan fingerprint density at radius 3 is 1.50 bits per heavy atom. The Hall–Kier alpha value is -2.08. The number of hydrogen-bond acceptors (Lipinski definition) is 8. The lowest BCUT2D eigenvalue weighted by Crippen LogP contribution is -2.45. The summed E-state index contributed by atoms with van der Waals surface area (Å²) in [7, 11) is 0. The zero-order valence-corrected chi connectivity index (χ0v) is 19.8. The van der Waals surface area contributed by atoms with E-state index in [1.807, 2.05) is 32.6 Å². The molecule has 0 amide bonds. The van der Waals surface area contributed by atoms with E-state index < -0.39 is 23.3 Å². The Morgan fingerprint density at radius 1 is 0.688 bits per heavy atom. The first-order valence-corrected chi connectivity index (χ1v) is 10.9. The Kier molecular flexibility index (Phi) is 14.7. The Labute approximate surface area is 190 Å². The molecule has 0 aliphatic heterocycles. The largest absolute Gasteiger partial charge is 0.480 e. The number of carbonyl (C=O) groups is 4. The maximum atomic E-state index is 12.4. The van der Waals surface area contributed by atoms with Crippen molar-refractivity contribution in [2.24, 2.45) is 5.41 Å². The average Bonchev–Trinajstić information content (AvgIpc) is 2.65. The quantitative estimate of drug-likeness (QED) is 0.189. The monoisotopic (exact) mass is 460 g/mol. The van der Waals surface area contributed by atoms with Crippen molar-refractivity contribution < 1.29 is 34.5 Å². The summed E-state index contributed by atoms with van der Waals surface area (Å²) in [5.41, 5.74) is -0.446. The third kappa shape index (κ3) is 15.7. The molecule has 4 N–H and O–H groups in total. The van der Waals surface area contributed by atoms with Gasteiger partial charge in [-0.1, -0.05) is 27.7 Å². The highest BCUT2D eigenvalue weighted by molar-refractivity contribution is 5.85. The van der Waals surface area contributed by atoms with Gasteiger partial charge >= 0.3 is 17.9 Å². The molecular formula is C21H40N4O7. The number of nitrogens with zero attached hydrogens (tertiary/aromatic N) is 3. The van der Waals surface area contributed by atoms with Crippen LogP contribution in [0.5, 0.6) is 0 Å². The number of Topliss-reactive ketones (excluding diaryl/α,β-unsaturated/α-hetero) is 1. The van der Waals surface area contributed by atoms with Crippen molar-refractivity contribution in [3.8, 4) is 0 Å². The molecule has 0 aliphatic rings. The molecule has 0 spiro atoms. The molecule has 11 nitrogen and oxygen atoms in total. The first-order valence-electron chi connectivity index (χ1n) is 10.9. The summed E-state index contributed by atoms with van der Waals surface area (Å²) in [5, 5.41) is 29.8. The van der Waals surface area contributed by atoms with Crippen LogP contribution in [0.2, 0.25) is 0 Å². The van der Waals surface area contributed by atoms with Crippen molar-refractivity contribution in [3.63, 3.8) is 0 Å². The molecule has 0 saturated carbocycles. The zero-order valence-electron chi connectivity index (χ0n) is 19.8. The van der Waals surface area contributed by atoms with Crippen molar-refractivity contribution in [2.45, 2.75) is 34.1 Å². The molecule has 32 heavy (non-hydrogen) atoms.